The van der Waals surface area contributed by atoms with Crippen LogP contribution in [0.2, 0.25) is 0 Å². The summed E-state index contributed by atoms with van der Waals surface area (Å²) in [4.78, 5) is 37.2. The molecule has 1 heterocycles. The van der Waals surface area contributed by atoms with Gasteiger partial charge < -0.3 is 10.2 Å². The third-order valence-electron chi connectivity index (χ3n) is 3.93. The molecule has 2 N–H and O–H groups in total. The summed E-state index contributed by atoms with van der Waals surface area (Å²) in [6.07, 6.45) is 2.98. The van der Waals surface area contributed by atoms with Crippen LogP contribution >= 0.6 is 0 Å². The predicted molar refractivity (Wildman–Crippen MR) is 94.6 cm³/mol. The van der Waals surface area contributed by atoms with Crippen LogP contribution in [0.15, 0.2) is 35.4 Å². The SMILES string of the molecule is CC(CC(=O)NCc1ccccc1)=NNC(=O)C(=O)N1CCCCC1. The number of carbonyl (C=O) groups is 3. The third-order valence-corrected chi connectivity index (χ3v) is 3.93. The number of hydrogen-bond acceptors (Lipinski definition) is 4. The number of hydrazone groups is 1. The van der Waals surface area contributed by atoms with E-state index >= 15 is 0 Å². The zero-order chi connectivity index (χ0) is 18.1. The molecule has 134 valence electrons. The lowest BCUT2D eigenvalue weighted by molar-refractivity contribution is -0.146. The normalized spacial score (nSPS) is 14.8. The molecule has 3 amide bonds. The van der Waals surface area contributed by atoms with E-state index in [2.05, 4.69) is 15.8 Å². The summed E-state index contributed by atoms with van der Waals surface area (Å²) in [5, 5.41) is 6.63. The van der Waals surface area contributed by atoms with Crippen LogP contribution in [0.1, 0.15) is 38.2 Å². The molecule has 7 nitrogen and oxygen atoms in total. The largest absolute Gasteiger partial charge is 0.352 e. The molecular weight excluding hydrogens is 320 g/mol. The monoisotopic (exact) mass is 344 g/mol. The Morgan fingerprint density at radius 1 is 1.08 bits per heavy atom. The van der Waals surface area contributed by atoms with Crippen molar-refractivity contribution in [2.45, 2.75) is 39.2 Å². The molecule has 1 aliphatic rings. The van der Waals surface area contributed by atoms with Crippen LogP contribution in [0.3, 0.4) is 0 Å². The van der Waals surface area contributed by atoms with Crippen molar-refractivity contribution < 1.29 is 14.4 Å². The average Bonchev–Trinajstić information content (AvgIpc) is 2.65. The van der Waals surface area contributed by atoms with E-state index in [1.807, 2.05) is 30.3 Å². The molecule has 0 aliphatic carbocycles. The summed E-state index contributed by atoms with van der Waals surface area (Å²) in [6, 6.07) is 9.57. The molecule has 1 aromatic carbocycles. The van der Waals surface area contributed by atoms with Gasteiger partial charge in [-0.1, -0.05) is 30.3 Å². The highest BCUT2D eigenvalue weighted by atomic mass is 16.2. The van der Waals surface area contributed by atoms with Gasteiger partial charge in [0.15, 0.2) is 0 Å². The van der Waals surface area contributed by atoms with Crippen LogP contribution in [-0.2, 0) is 20.9 Å². The summed E-state index contributed by atoms with van der Waals surface area (Å²) in [5.74, 6) is -1.52. The van der Waals surface area contributed by atoms with E-state index in [4.69, 9.17) is 0 Å². The van der Waals surface area contributed by atoms with Gasteiger partial charge in [-0.2, -0.15) is 5.10 Å². The van der Waals surface area contributed by atoms with E-state index in [9.17, 15) is 14.4 Å². The highest BCUT2D eigenvalue weighted by Crippen LogP contribution is 2.08. The van der Waals surface area contributed by atoms with E-state index < -0.39 is 11.8 Å². The molecule has 1 saturated heterocycles. The quantitative estimate of drug-likeness (QED) is 0.478. The zero-order valence-electron chi connectivity index (χ0n) is 14.5. The van der Waals surface area contributed by atoms with E-state index in [0.717, 1.165) is 24.8 Å². The molecule has 0 atom stereocenters. The molecule has 0 unspecified atom stereocenters. The molecule has 0 saturated carbocycles. The first-order valence-electron chi connectivity index (χ1n) is 8.49. The lowest BCUT2D eigenvalue weighted by Gasteiger charge is -2.25. The van der Waals surface area contributed by atoms with Crippen molar-refractivity contribution in [3.05, 3.63) is 35.9 Å². The molecule has 25 heavy (non-hydrogen) atoms. The van der Waals surface area contributed by atoms with E-state index in [1.165, 1.54) is 4.90 Å². The fraction of sp³-hybridized carbons (Fsp3) is 0.444. The number of amides is 3. The van der Waals surface area contributed by atoms with Gasteiger partial charge >= 0.3 is 11.8 Å². The van der Waals surface area contributed by atoms with Crippen molar-refractivity contribution in [3.63, 3.8) is 0 Å². The van der Waals surface area contributed by atoms with Gasteiger partial charge in [0.25, 0.3) is 0 Å². The van der Waals surface area contributed by atoms with Gasteiger partial charge in [0, 0.05) is 25.3 Å². The number of carbonyl (C=O) groups excluding carboxylic acids is 3. The van der Waals surface area contributed by atoms with Gasteiger partial charge in [0.2, 0.25) is 5.91 Å². The van der Waals surface area contributed by atoms with Crippen molar-refractivity contribution in [1.29, 1.82) is 0 Å². The second-order valence-electron chi connectivity index (χ2n) is 6.08. The highest BCUT2D eigenvalue weighted by molar-refractivity contribution is 6.35. The molecule has 0 bridgehead atoms. The smallest absolute Gasteiger partial charge is 0.329 e. The molecule has 1 fully saturated rings. The Morgan fingerprint density at radius 2 is 1.76 bits per heavy atom. The van der Waals surface area contributed by atoms with Crippen molar-refractivity contribution in [2.24, 2.45) is 5.10 Å². The van der Waals surface area contributed by atoms with Crippen LogP contribution in [0.5, 0.6) is 0 Å². The maximum Gasteiger partial charge on any atom is 0.329 e. The van der Waals surface area contributed by atoms with Crippen LogP contribution < -0.4 is 10.7 Å². The number of nitrogens with zero attached hydrogens (tertiary/aromatic N) is 2. The Hall–Kier alpha value is -2.70. The molecule has 7 heteroatoms. The van der Waals surface area contributed by atoms with Crippen LogP contribution in [0, 0.1) is 0 Å². The maximum atomic E-state index is 12.0. The van der Waals surface area contributed by atoms with E-state index in [1.54, 1.807) is 6.92 Å². The van der Waals surface area contributed by atoms with Gasteiger partial charge in [-0.15, -0.1) is 0 Å². The molecule has 0 aromatic heterocycles. The lowest BCUT2D eigenvalue weighted by atomic mass is 10.1. The Bertz CT molecular complexity index is 637. The molecule has 1 aliphatic heterocycles. The first-order valence-corrected chi connectivity index (χ1v) is 8.49. The van der Waals surface area contributed by atoms with Crippen molar-refractivity contribution in [3.8, 4) is 0 Å². The van der Waals surface area contributed by atoms with Crippen molar-refractivity contribution >= 4 is 23.4 Å². The molecular formula is C18H24N4O3. The van der Waals surface area contributed by atoms with Crippen LogP contribution in [0.25, 0.3) is 0 Å². The summed E-state index contributed by atoms with van der Waals surface area (Å²) >= 11 is 0. The maximum absolute atomic E-state index is 12.0. The van der Waals surface area contributed by atoms with E-state index in [-0.39, 0.29) is 12.3 Å². The Morgan fingerprint density at radius 3 is 2.44 bits per heavy atom. The zero-order valence-corrected chi connectivity index (χ0v) is 14.5. The number of likely N-dealkylation sites (tertiary alicyclic amines) is 1. The van der Waals surface area contributed by atoms with Crippen molar-refractivity contribution in [1.82, 2.24) is 15.6 Å². The topological polar surface area (TPSA) is 90.9 Å². The number of piperidine rings is 1. The van der Waals surface area contributed by atoms with Crippen molar-refractivity contribution in [2.75, 3.05) is 13.1 Å². The van der Waals surface area contributed by atoms with Gasteiger partial charge in [-0.05, 0) is 31.7 Å². The van der Waals surface area contributed by atoms with Crippen LogP contribution in [0.4, 0.5) is 0 Å². The Kier molecular flexibility index (Phi) is 7.13. The standard InChI is InChI=1S/C18H24N4O3/c1-14(12-16(23)19-13-15-8-4-2-5-9-15)20-21-17(24)18(25)22-10-6-3-7-11-22/h2,4-5,8-9H,3,6-7,10-13H2,1H3,(H,19,23)(H,21,24). The Labute approximate surface area is 147 Å². The third kappa shape index (κ3) is 6.37. The highest BCUT2D eigenvalue weighted by Gasteiger charge is 2.23. The Balaban J connectivity index is 1.73. The van der Waals surface area contributed by atoms with Gasteiger partial charge in [-0.3, -0.25) is 14.4 Å². The number of hydrogen-bond donors (Lipinski definition) is 2. The minimum Gasteiger partial charge on any atom is -0.352 e. The van der Waals surface area contributed by atoms with Gasteiger partial charge in [-0.25, -0.2) is 5.43 Å². The average molecular weight is 344 g/mol. The van der Waals surface area contributed by atoms with E-state index in [0.29, 0.717) is 25.3 Å². The fourth-order valence-electron chi connectivity index (χ4n) is 2.57. The van der Waals surface area contributed by atoms with Crippen LogP contribution in [-0.4, -0.2) is 41.4 Å². The van der Waals surface area contributed by atoms with Gasteiger partial charge in [0.05, 0.1) is 6.42 Å². The first-order chi connectivity index (χ1) is 12.1. The minimum absolute atomic E-state index is 0.0605. The van der Waals surface area contributed by atoms with Gasteiger partial charge in [0.1, 0.15) is 0 Å². The minimum atomic E-state index is -0.758. The molecule has 0 spiro atoms. The summed E-state index contributed by atoms with van der Waals surface area (Å²) in [6.45, 7) is 3.29. The summed E-state index contributed by atoms with van der Waals surface area (Å²) in [5.41, 5.74) is 3.68. The molecule has 0 radical (unpaired) electrons. The second-order valence-corrected chi connectivity index (χ2v) is 6.08. The molecule has 2 rings (SSSR count). The number of nitrogens with one attached hydrogen (secondary N) is 2. The summed E-state index contributed by atoms with van der Waals surface area (Å²) < 4.78 is 0. The lowest BCUT2D eigenvalue weighted by Crippen LogP contribution is -2.44. The first kappa shape index (κ1) is 18.6. The molecule has 1 aromatic rings. The fourth-order valence-corrected chi connectivity index (χ4v) is 2.57. The number of benzene rings is 1. The predicted octanol–water partition coefficient (Wildman–Crippen LogP) is 1.20. The number of rotatable bonds is 5. The second kappa shape index (κ2) is 9.56. The summed E-state index contributed by atoms with van der Waals surface area (Å²) in [7, 11) is 0.